The minimum Gasteiger partial charge on any atom is -0.385 e. The molecule has 11 heteroatoms. The Balaban J connectivity index is 2.06. The Morgan fingerprint density at radius 1 is 1.48 bits per heavy atom. The van der Waals surface area contributed by atoms with Crippen LogP contribution in [0.2, 0.25) is 0 Å². The average Bonchev–Trinajstić information content (AvgIpc) is 2.89. The van der Waals surface area contributed by atoms with Crippen LogP contribution in [0.15, 0.2) is 10.7 Å². The SMILES string of the molecule is CC(Cl)(Nc1nc(N2CCOCC2)nc2c(Br)cnn12)C(=N)N. The molecule has 0 aromatic carbocycles. The normalized spacial score (nSPS) is 18.0. The number of nitrogens with zero attached hydrogens (tertiary/aromatic N) is 5. The lowest BCUT2D eigenvalue weighted by molar-refractivity contribution is 0.122. The number of aromatic nitrogens is 4. The van der Waals surface area contributed by atoms with E-state index in [-0.39, 0.29) is 5.84 Å². The zero-order valence-corrected chi connectivity index (χ0v) is 14.7. The van der Waals surface area contributed by atoms with E-state index >= 15 is 0 Å². The van der Waals surface area contributed by atoms with Crippen LogP contribution in [-0.4, -0.2) is 56.7 Å². The number of nitrogens with one attached hydrogen (secondary N) is 2. The first kappa shape index (κ1) is 16.2. The Bertz CT molecular complexity index is 742. The van der Waals surface area contributed by atoms with Gasteiger partial charge in [-0.3, -0.25) is 5.41 Å². The van der Waals surface area contributed by atoms with E-state index < -0.39 is 5.00 Å². The summed E-state index contributed by atoms with van der Waals surface area (Å²) in [6.07, 6.45) is 1.62. The van der Waals surface area contributed by atoms with Crippen molar-refractivity contribution in [2.75, 3.05) is 36.5 Å². The summed E-state index contributed by atoms with van der Waals surface area (Å²) < 4.78 is 7.60. The summed E-state index contributed by atoms with van der Waals surface area (Å²) in [4.78, 5) is 9.78. The molecule has 2 aromatic heterocycles. The number of nitrogens with two attached hydrogens (primary N) is 1. The molecule has 23 heavy (non-hydrogen) atoms. The maximum absolute atomic E-state index is 7.58. The van der Waals surface area contributed by atoms with Crippen LogP contribution in [-0.2, 0) is 4.74 Å². The number of fused-ring (bicyclic) bond motifs is 1. The van der Waals surface area contributed by atoms with Crippen LogP contribution < -0.4 is 16.0 Å². The lowest BCUT2D eigenvalue weighted by atomic mass is 10.3. The summed E-state index contributed by atoms with van der Waals surface area (Å²) in [5.41, 5.74) is 6.13. The smallest absolute Gasteiger partial charge is 0.230 e. The number of halogens is 2. The molecule has 3 rings (SSSR count). The molecule has 124 valence electrons. The molecule has 1 aliphatic heterocycles. The van der Waals surface area contributed by atoms with Gasteiger partial charge in [-0.1, -0.05) is 11.6 Å². The Hall–Kier alpha value is -1.65. The second kappa shape index (κ2) is 6.10. The maximum Gasteiger partial charge on any atom is 0.230 e. The number of ether oxygens (including phenoxy) is 1. The molecule has 0 amide bonds. The van der Waals surface area contributed by atoms with Gasteiger partial charge in [0.2, 0.25) is 11.9 Å². The lowest BCUT2D eigenvalue weighted by Crippen LogP contribution is -2.43. The monoisotopic (exact) mass is 402 g/mol. The van der Waals surface area contributed by atoms with Gasteiger partial charge in [-0.05, 0) is 22.9 Å². The fraction of sp³-hybridized carbons (Fsp3) is 0.500. The van der Waals surface area contributed by atoms with Gasteiger partial charge in [-0.15, -0.1) is 0 Å². The molecule has 9 nitrogen and oxygen atoms in total. The van der Waals surface area contributed by atoms with Crippen molar-refractivity contribution in [1.29, 1.82) is 5.41 Å². The lowest BCUT2D eigenvalue weighted by Gasteiger charge is -2.28. The highest BCUT2D eigenvalue weighted by Crippen LogP contribution is 2.24. The van der Waals surface area contributed by atoms with Crippen molar-refractivity contribution in [2.45, 2.75) is 11.9 Å². The van der Waals surface area contributed by atoms with Crippen LogP contribution in [0.3, 0.4) is 0 Å². The van der Waals surface area contributed by atoms with Gasteiger partial charge in [-0.25, -0.2) is 0 Å². The van der Waals surface area contributed by atoms with Gasteiger partial charge < -0.3 is 20.7 Å². The highest BCUT2D eigenvalue weighted by atomic mass is 79.9. The molecule has 4 N–H and O–H groups in total. The second-order valence-electron chi connectivity index (χ2n) is 5.22. The topological polar surface area (TPSA) is 117 Å². The number of alkyl halides is 1. The maximum atomic E-state index is 7.58. The number of amidine groups is 1. The minimum atomic E-state index is -1.28. The van der Waals surface area contributed by atoms with Gasteiger partial charge in [0.05, 0.1) is 23.9 Å². The molecular formula is C12H16BrClN8O. The Kier molecular flexibility index (Phi) is 4.30. The van der Waals surface area contributed by atoms with E-state index in [1.807, 2.05) is 4.90 Å². The third kappa shape index (κ3) is 3.19. The Labute approximate surface area is 145 Å². The summed E-state index contributed by atoms with van der Waals surface area (Å²) in [7, 11) is 0. The molecule has 3 heterocycles. The molecule has 1 aliphatic rings. The van der Waals surface area contributed by atoms with Gasteiger partial charge in [0.15, 0.2) is 10.6 Å². The van der Waals surface area contributed by atoms with E-state index in [2.05, 4.69) is 36.3 Å². The predicted octanol–water partition coefficient (Wildman–Crippen LogP) is 1.03. The molecule has 0 spiro atoms. The highest BCUT2D eigenvalue weighted by Gasteiger charge is 2.28. The predicted molar refractivity (Wildman–Crippen MR) is 91.3 cm³/mol. The van der Waals surface area contributed by atoms with E-state index in [4.69, 9.17) is 27.5 Å². The van der Waals surface area contributed by atoms with Crippen molar-refractivity contribution < 1.29 is 4.74 Å². The van der Waals surface area contributed by atoms with Gasteiger partial charge in [0, 0.05) is 13.1 Å². The van der Waals surface area contributed by atoms with Crippen molar-refractivity contribution in [2.24, 2.45) is 5.73 Å². The molecule has 2 aromatic rings. The summed E-state index contributed by atoms with van der Waals surface area (Å²) >= 11 is 9.67. The number of hydrogen-bond acceptors (Lipinski definition) is 7. The molecule has 0 aliphatic carbocycles. The van der Waals surface area contributed by atoms with Crippen molar-refractivity contribution in [3.63, 3.8) is 0 Å². The Morgan fingerprint density at radius 3 is 2.83 bits per heavy atom. The van der Waals surface area contributed by atoms with Gasteiger partial charge in [-0.2, -0.15) is 19.6 Å². The molecule has 0 radical (unpaired) electrons. The van der Waals surface area contributed by atoms with Crippen molar-refractivity contribution >= 4 is 50.9 Å². The zero-order chi connectivity index (χ0) is 16.6. The molecule has 0 bridgehead atoms. The van der Waals surface area contributed by atoms with Crippen molar-refractivity contribution in [3.8, 4) is 0 Å². The van der Waals surface area contributed by atoms with E-state index in [1.165, 1.54) is 4.52 Å². The fourth-order valence-electron chi connectivity index (χ4n) is 2.10. The highest BCUT2D eigenvalue weighted by molar-refractivity contribution is 9.10. The van der Waals surface area contributed by atoms with E-state index in [0.717, 1.165) is 4.47 Å². The van der Waals surface area contributed by atoms with Gasteiger partial charge in [0.25, 0.3) is 0 Å². The third-order valence-electron chi connectivity index (χ3n) is 3.46. The third-order valence-corrected chi connectivity index (χ3v) is 4.32. The first-order valence-electron chi connectivity index (χ1n) is 6.94. The molecule has 0 saturated carbocycles. The Morgan fingerprint density at radius 2 is 2.17 bits per heavy atom. The first-order valence-corrected chi connectivity index (χ1v) is 8.11. The molecule has 1 fully saturated rings. The average molecular weight is 404 g/mol. The molecule has 1 saturated heterocycles. The largest absolute Gasteiger partial charge is 0.385 e. The van der Waals surface area contributed by atoms with Crippen LogP contribution in [0.25, 0.3) is 5.65 Å². The van der Waals surface area contributed by atoms with Crippen LogP contribution in [0.4, 0.5) is 11.9 Å². The number of hydrogen-bond donors (Lipinski definition) is 3. The molecule has 1 unspecified atom stereocenters. The van der Waals surface area contributed by atoms with Crippen LogP contribution >= 0.6 is 27.5 Å². The summed E-state index contributed by atoms with van der Waals surface area (Å²) in [5.74, 6) is 0.681. The van der Waals surface area contributed by atoms with Gasteiger partial charge in [0.1, 0.15) is 5.84 Å². The number of rotatable bonds is 4. The first-order chi connectivity index (χ1) is 10.9. The quantitative estimate of drug-likeness (QED) is 0.302. The van der Waals surface area contributed by atoms with Crippen LogP contribution in [0, 0.1) is 5.41 Å². The number of morpholine rings is 1. The summed E-state index contributed by atoms with van der Waals surface area (Å²) in [6, 6.07) is 0. The number of anilines is 2. The van der Waals surface area contributed by atoms with Crippen LogP contribution in [0.1, 0.15) is 6.92 Å². The molecular weight excluding hydrogens is 388 g/mol. The second-order valence-corrected chi connectivity index (χ2v) is 6.83. The van der Waals surface area contributed by atoms with E-state index in [0.29, 0.717) is 43.8 Å². The minimum absolute atomic E-state index is 0.218. The zero-order valence-electron chi connectivity index (χ0n) is 12.4. The summed E-state index contributed by atoms with van der Waals surface area (Å²) in [6.45, 7) is 4.23. The van der Waals surface area contributed by atoms with E-state index in [1.54, 1.807) is 13.1 Å². The molecule has 1 atom stereocenters. The van der Waals surface area contributed by atoms with Crippen molar-refractivity contribution in [3.05, 3.63) is 10.7 Å². The summed E-state index contributed by atoms with van der Waals surface area (Å²) in [5, 5.41) is 14.7. The standard InChI is InChI=1S/C12H16BrClN8O/c1-12(14,9(15)16)20-11-19-10(21-2-4-23-5-3-21)18-8-7(13)6-17-22(8)11/h6H,2-5H2,1H3,(H3,15,16)(H,18,19,20). The van der Waals surface area contributed by atoms with E-state index in [9.17, 15) is 0 Å². The fourth-order valence-corrected chi connectivity index (χ4v) is 2.54. The van der Waals surface area contributed by atoms with Crippen LogP contribution in [0.5, 0.6) is 0 Å². The van der Waals surface area contributed by atoms with Gasteiger partial charge >= 0.3 is 0 Å². The van der Waals surface area contributed by atoms with Crippen molar-refractivity contribution in [1.82, 2.24) is 19.6 Å².